The molecule has 0 saturated heterocycles. The Morgan fingerprint density at radius 3 is 2.43 bits per heavy atom. The first-order chi connectivity index (χ1) is 10.2. The first kappa shape index (κ1) is 13.1. The van der Waals surface area contributed by atoms with Crippen molar-refractivity contribution in [1.82, 2.24) is 0 Å². The first-order valence-electron chi connectivity index (χ1n) is 6.69. The Bertz CT molecular complexity index is 842. The minimum Gasteiger partial charge on any atom is -0.478 e. The summed E-state index contributed by atoms with van der Waals surface area (Å²) in [6.07, 6.45) is 1.70. The number of aromatic carboxylic acids is 1. The summed E-state index contributed by atoms with van der Waals surface area (Å²) in [6.45, 7) is 3.80. The maximum atomic E-state index is 11.6. The van der Waals surface area contributed by atoms with Crippen LogP contribution in [0.15, 0.2) is 67.2 Å². The molecule has 3 aromatic rings. The maximum absolute atomic E-state index is 11.6. The van der Waals surface area contributed by atoms with Gasteiger partial charge in [-0.3, -0.25) is 0 Å². The van der Waals surface area contributed by atoms with E-state index >= 15 is 0 Å². The van der Waals surface area contributed by atoms with Gasteiger partial charge in [0.25, 0.3) is 0 Å². The zero-order valence-corrected chi connectivity index (χ0v) is 11.4. The summed E-state index contributed by atoms with van der Waals surface area (Å²) in [5.41, 5.74) is 2.76. The molecule has 0 aliphatic carbocycles. The largest absolute Gasteiger partial charge is 0.478 e. The predicted octanol–water partition coefficient (Wildman–Crippen LogP) is 4.85. The number of hydrogen-bond donors (Lipinski definition) is 1. The molecule has 0 aromatic heterocycles. The summed E-state index contributed by atoms with van der Waals surface area (Å²) in [5.74, 6) is -0.929. The van der Waals surface area contributed by atoms with Gasteiger partial charge in [-0.15, -0.1) is 0 Å². The second-order valence-corrected chi connectivity index (χ2v) is 4.81. The quantitative estimate of drug-likeness (QED) is 0.741. The van der Waals surface area contributed by atoms with Gasteiger partial charge in [-0.2, -0.15) is 0 Å². The van der Waals surface area contributed by atoms with Crippen LogP contribution in [-0.4, -0.2) is 11.1 Å². The Balaban J connectivity index is 2.43. The molecule has 0 amide bonds. The number of carbonyl (C=O) groups is 1. The second kappa shape index (κ2) is 5.25. The third-order valence-corrected chi connectivity index (χ3v) is 3.61. The molecule has 102 valence electrons. The van der Waals surface area contributed by atoms with E-state index in [2.05, 4.69) is 6.58 Å². The van der Waals surface area contributed by atoms with Crippen LogP contribution in [-0.2, 0) is 0 Å². The minimum atomic E-state index is -0.929. The maximum Gasteiger partial charge on any atom is 0.336 e. The van der Waals surface area contributed by atoms with Crippen LogP contribution in [0, 0.1) is 0 Å². The van der Waals surface area contributed by atoms with Gasteiger partial charge in [-0.05, 0) is 28.0 Å². The molecular weight excluding hydrogens is 260 g/mol. The predicted molar refractivity (Wildman–Crippen MR) is 86.4 cm³/mol. The molecule has 21 heavy (non-hydrogen) atoms. The molecule has 0 radical (unpaired) electrons. The lowest BCUT2D eigenvalue weighted by molar-refractivity contribution is 0.0697. The average molecular weight is 274 g/mol. The van der Waals surface area contributed by atoms with Gasteiger partial charge in [-0.1, -0.05) is 67.3 Å². The Hall–Kier alpha value is -2.87. The fourth-order valence-corrected chi connectivity index (χ4v) is 2.66. The van der Waals surface area contributed by atoms with E-state index in [4.69, 9.17) is 0 Å². The molecule has 1 N–H and O–H groups in total. The van der Waals surface area contributed by atoms with E-state index in [1.54, 1.807) is 18.2 Å². The Labute approximate surface area is 123 Å². The molecule has 2 heteroatoms. The molecule has 0 unspecified atom stereocenters. The number of hydrogen-bond acceptors (Lipinski definition) is 1. The van der Waals surface area contributed by atoms with Crippen molar-refractivity contribution in [3.63, 3.8) is 0 Å². The Morgan fingerprint density at radius 1 is 0.952 bits per heavy atom. The highest BCUT2D eigenvalue weighted by atomic mass is 16.4. The Morgan fingerprint density at radius 2 is 1.67 bits per heavy atom. The van der Waals surface area contributed by atoms with Crippen LogP contribution in [0.3, 0.4) is 0 Å². The average Bonchev–Trinajstić information content (AvgIpc) is 2.53. The van der Waals surface area contributed by atoms with Crippen molar-refractivity contribution in [1.29, 1.82) is 0 Å². The van der Waals surface area contributed by atoms with Gasteiger partial charge in [0.1, 0.15) is 0 Å². The molecule has 0 aliphatic heterocycles. The van der Waals surface area contributed by atoms with E-state index < -0.39 is 5.97 Å². The fourth-order valence-electron chi connectivity index (χ4n) is 2.66. The van der Waals surface area contributed by atoms with Gasteiger partial charge in [-0.25, -0.2) is 4.79 Å². The Kier molecular flexibility index (Phi) is 3.28. The molecule has 0 aliphatic rings. The number of benzene rings is 3. The summed E-state index contributed by atoms with van der Waals surface area (Å²) in [5, 5.41) is 11.6. The van der Waals surface area contributed by atoms with Crippen molar-refractivity contribution < 1.29 is 9.90 Å². The molecular formula is C19H14O2. The van der Waals surface area contributed by atoms with Crippen LogP contribution in [0.4, 0.5) is 0 Å². The van der Waals surface area contributed by atoms with Crippen LogP contribution in [0.25, 0.3) is 28.0 Å². The minimum absolute atomic E-state index is 0.295. The van der Waals surface area contributed by atoms with Crippen LogP contribution in [0.2, 0.25) is 0 Å². The lowest BCUT2D eigenvalue weighted by Crippen LogP contribution is -2.01. The number of rotatable bonds is 3. The molecule has 2 nitrogen and oxygen atoms in total. The van der Waals surface area contributed by atoms with Gasteiger partial charge < -0.3 is 5.11 Å². The highest BCUT2D eigenvalue weighted by molar-refractivity contribution is 6.05. The summed E-state index contributed by atoms with van der Waals surface area (Å²) >= 11 is 0. The van der Waals surface area contributed by atoms with E-state index in [9.17, 15) is 9.90 Å². The van der Waals surface area contributed by atoms with Gasteiger partial charge in [0.05, 0.1) is 5.56 Å². The monoisotopic (exact) mass is 274 g/mol. The third kappa shape index (κ3) is 2.21. The van der Waals surface area contributed by atoms with Crippen molar-refractivity contribution >= 4 is 22.8 Å². The number of carboxylic acid groups (broad SMARTS) is 1. The second-order valence-electron chi connectivity index (χ2n) is 4.81. The highest BCUT2D eigenvalue weighted by Crippen LogP contribution is 2.34. The smallest absolute Gasteiger partial charge is 0.336 e. The standard InChI is InChI=1S/C19H14O2/c1-2-13-8-5-12-17(19(20)21)18(13)16-11-6-9-14-7-3-4-10-15(14)16/h2-12H,1H2,(H,20,21). The lowest BCUT2D eigenvalue weighted by atomic mass is 9.91. The number of fused-ring (bicyclic) bond motifs is 1. The summed E-state index contributed by atoms with van der Waals surface area (Å²) in [4.78, 5) is 11.6. The molecule has 3 rings (SSSR count). The number of carboxylic acids is 1. The molecule has 0 atom stereocenters. The first-order valence-corrected chi connectivity index (χ1v) is 6.69. The summed E-state index contributed by atoms with van der Waals surface area (Å²) in [7, 11) is 0. The highest BCUT2D eigenvalue weighted by Gasteiger charge is 2.16. The van der Waals surface area contributed by atoms with E-state index in [1.807, 2.05) is 48.5 Å². The lowest BCUT2D eigenvalue weighted by Gasteiger charge is -2.13. The van der Waals surface area contributed by atoms with Crippen LogP contribution < -0.4 is 0 Å². The van der Waals surface area contributed by atoms with Crippen molar-refractivity contribution in [2.75, 3.05) is 0 Å². The van der Waals surface area contributed by atoms with Gasteiger partial charge in [0.2, 0.25) is 0 Å². The van der Waals surface area contributed by atoms with Crippen molar-refractivity contribution in [3.05, 3.63) is 78.4 Å². The molecule has 0 spiro atoms. The molecule has 0 heterocycles. The molecule has 0 bridgehead atoms. The van der Waals surface area contributed by atoms with Gasteiger partial charge >= 0.3 is 5.97 Å². The summed E-state index contributed by atoms with van der Waals surface area (Å²) < 4.78 is 0. The normalized spacial score (nSPS) is 10.5. The summed E-state index contributed by atoms with van der Waals surface area (Å²) in [6, 6.07) is 19.2. The van der Waals surface area contributed by atoms with Gasteiger partial charge in [0, 0.05) is 5.56 Å². The SMILES string of the molecule is C=Cc1cccc(C(=O)O)c1-c1cccc2ccccc12. The van der Waals surface area contributed by atoms with Gasteiger partial charge in [0.15, 0.2) is 0 Å². The van der Waals surface area contributed by atoms with Crippen molar-refractivity contribution in [3.8, 4) is 11.1 Å². The molecule has 3 aromatic carbocycles. The van der Waals surface area contributed by atoms with E-state index in [0.29, 0.717) is 5.56 Å². The van der Waals surface area contributed by atoms with Crippen LogP contribution >= 0.6 is 0 Å². The van der Waals surface area contributed by atoms with E-state index in [0.717, 1.165) is 27.5 Å². The third-order valence-electron chi connectivity index (χ3n) is 3.61. The zero-order chi connectivity index (χ0) is 14.8. The van der Waals surface area contributed by atoms with E-state index in [1.165, 1.54) is 0 Å². The molecule has 0 fully saturated rings. The topological polar surface area (TPSA) is 37.3 Å². The van der Waals surface area contributed by atoms with Crippen molar-refractivity contribution in [2.24, 2.45) is 0 Å². The molecule has 0 saturated carbocycles. The van der Waals surface area contributed by atoms with Crippen molar-refractivity contribution in [2.45, 2.75) is 0 Å². The fraction of sp³-hybridized carbons (Fsp3) is 0. The zero-order valence-electron chi connectivity index (χ0n) is 11.4. The van der Waals surface area contributed by atoms with E-state index in [-0.39, 0.29) is 0 Å². The van der Waals surface area contributed by atoms with Crippen LogP contribution in [0.1, 0.15) is 15.9 Å². The van der Waals surface area contributed by atoms with Crippen LogP contribution in [0.5, 0.6) is 0 Å².